The van der Waals surface area contributed by atoms with Crippen molar-refractivity contribution in [2.75, 3.05) is 39.8 Å². The van der Waals surface area contributed by atoms with Crippen LogP contribution in [-0.2, 0) is 87.5 Å². The van der Waals surface area contributed by atoms with Crippen molar-refractivity contribution in [2.24, 2.45) is 5.73 Å². The molecule has 0 radical (unpaired) electrons. The second kappa shape index (κ2) is 57.9. The van der Waals surface area contributed by atoms with Gasteiger partial charge in [-0.05, 0) is 274 Å². The summed E-state index contributed by atoms with van der Waals surface area (Å²) in [4.78, 5) is 52.8. The molecule has 10 aromatic rings. The monoisotopic (exact) mass is 2060 g/mol. The van der Waals surface area contributed by atoms with E-state index >= 15 is 0 Å². The fourth-order valence-electron chi connectivity index (χ4n) is 15.9. The maximum absolute atomic E-state index is 13.1. The predicted octanol–water partition coefficient (Wildman–Crippen LogP) is 33.7. The number of primary amides is 1. The molecule has 15 nitrogen and oxygen atoms in total. The normalized spacial score (nSPS) is 14.2. The molecule has 2 aliphatic heterocycles. The van der Waals surface area contributed by atoms with E-state index in [4.69, 9.17) is 15.2 Å². The molecule has 4 heterocycles. The Morgan fingerprint density at radius 1 is 0.477 bits per heavy atom. The number of hydrogen-bond donors (Lipinski definition) is 6. The summed E-state index contributed by atoms with van der Waals surface area (Å²) in [7, 11) is 2.02. The number of aliphatic hydroxyl groups excluding tert-OH is 2. The van der Waals surface area contributed by atoms with Gasteiger partial charge in [-0.15, -0.1) is 0 Å². The van der Waals surface area contributed by atoms with E-state index in [0.717, 1.165) is 98.7 Å². The van der Waals surface area contributed by atoms with Crippen LogP contribution in [0, 0.1) is 0 Å². The molecule has 0 spiro atoms. The molecule has 0 bridgehead atoms. The third-order valence-electron chi connectivity index (χ3n) is 26.0. The topological polar surface area (TPSA) is 216 Å². The molecule has 0 aliphatic carbocycles. The number of halogens is 3. The third-order valence-corrected chi connectivity index (χ3v) is 26.0. The molecule has 0 saturated carbocycles. The molecule has 7 N–H and O–H groups in total. The zero-order chi connectivity index (χ0) is 112. The largest absolute Gasteiger partial charge is 0.492 e. The number of likely N-dealkylation sites (tertiary alicyclic amines) is 2. The number of aromatic nitrogens is 3. The van der Waals surface area contributed by atoms with E-state index in [1.165, 1.54) is 78.7 Å². The minimum atomic E-state index is -4.36. The standard InChI is InChI=1S/C18H25N.C17H24F3NO.C17H29N3O2.C14H21NO.C14H20O.C13H20.C12H17NO.2C12H18O.2CH4/c1-17(2,3)14-9-7-13(8-10-14)16-11-15(12-19-16)18(4,5)6;1-16(2,3)12-8-13(17(18,19)20)10-15(9-12)22-11-14-6-5-7-21(14)4;1-16(2,3)14-11-13(18-19-14)12-7-9-20(10-8-12)15(21)22-17(4,5)6;1-5-10-15-13(16)11-6-8-12(9-7-11)14(2,3)4;1-11(15)8-9-12-6-5-7-13(10-12)14(2,3)4;1-10(2)11-6-8-12(9-7-11)13(3,4)5;1-12(2,3)10-6-4-5-9(7-10)8-11(13)14;1-9(13)10-6-5-7-11(8-10)12(2,3)4;1-9(13)10-7-5-6-8-11(10)12(2,3)4;;/h7-12,19H,1-6H3;8-10,14H,5-7,11H2,1-4H3;11-12H,7-10H2,1-6H3,(H,18,19);6-9H,5,10H2,1-4H3,(H,15,16);5-7,10H,8-9H2,1-4H3;6-10H,1-5H3;4-7H,8H2,1-3H3,(H2,13,14);2*5-9,13H,1-4H3;2*1H4/t;14-;;;;;;;;;/m.1........./s1. The summed E-state index contributed by atoms with van der Waals surface area (Å²) in [6, 6.07) is 67.2. The van der Waals surface area contributed by atoms with Gasteiger partial charge in [0.2, 0.25) is 5.91 Å². The van der Waals surface area contributed by atoms with Crippen LogP contribution in [0.1, 0.15) is 453 Å². The van der Waals surface area contributed by atoms with Gasteiger partial charge in [-0.25, -0.2) is 4.79 Å². The number of alkyl halides is 3. The van der Waals surface area contributed by atoms with Crippen LogP contribution < -0.4 is 15.8 Å². The van der Waals surface area contributed by atoms with E-state index in [1.54, 1.807) is 19.9 Å². The van der Waals surface area contributed by atoms with Gasteiger partial charge in [0.25, 0.3) is 5.91 Å². The Balaban J connectivity index is 0.000000569. The van der Waals surface area contributed by atoms with Crippen molar-refractivity contribution in [1.29, 1.82) is 0 Å². The fourth-order valence-corrected chi connectivity index (χ4v) is 15.9. The molecule has 828 valence electrons. The number of benzene rings is 8. The van der Waals surface area contributed by atoms with Crippen LogP contribution in [0.2, 0.25) is 0 Å². The van der Waals surface area contributed by atoms with Crippen molar-refractivity contribution in [3.8, 4) is 17.0 Å². The number of hydrogen-bond acceptors (Lipinski definition) is 10. The molecular weight excluding hydrogens is 1860 g/mol. The van der Waals surface area contributed by atoms with E-state index in [2.05, 4.69) is 342 Å². The van der Waals surface area contributed by atoms with Crippen LogP contribution in [0.3, 0.4) is 0 Å². The van der Waals surface area contributed by atoms with E-state index in [-0.39, 0.29) is 111 Å². The number of amides is 3. The number of nitrogens with one attached hydrogen (secondary N) is 3. The molecular formula is C131H200F3N7O8. The lowest BCUT2D eigenvalue weighted by Gasteiger charge is -2.33. The third kappa shape index (κ3) is 48.8. The number of carbonyl (C=O) groups excluding carboxylic acids is 4. The van der Waals surface area contributed by atoms with Gasteiger partial charge in [-0.1, -0.05) is 401 Å². The zero-order valence-corrected chi connectivity index (χ0v) is 98.1. The maximum Gasteiger partial charge on any atom is 0.416 e. The fraction of sp³-hybridized carbons (Fsp3) is 0.550. The van der Waals surface area contributed by atoms with Crippen LogP contribution in [0.15, 0.2) is 206 Å². The van der Waals surface area contributed by atoms with Gasteiger partial charge in [-0.3, -0.25) is 14.7 Å². The van der Waals surface area contributed by atoms with E-state index in [0.29, 0.717) is 42.6 Å². The van der Waals surface area contributed by atoms with E-state index < -0.39 is 17.3 Å². The molecule has 149 heavy (non-hydrogen) atoms. The number of nitrogens with two attached hydrogens (primary N) is 1. The van der Waals surface area contributed by atoms with Crippen molar-refractivity contribution < 1.29 is 52.0 Å². The quantitative estimate of drug-likeness (QED) is 0.0538. The minimum Gasteiger partial charge on any atom is -0.492 e. The summed E-state index contributed by atoms with van der Waals surface area (Å²) in [6.45, 7) is 86.1. The zero-order valence-electron chi connectivity index (χ0n) is 98.1. The number of Topliss-reactive ketones (excluding diaryl/α,β-unsaturated/α-hetero) is 1. The highest BCUT2D eigenvalue weighted by Crippen LogP contribution is 2.40. The number of aromatic amines is 2. The van der Waals surface area contributed by atoms with Gasteiger partial charge in [0.15, 0.2) is 0 Å². The summed E-state index contributed by atoms with van der Waals surface area (Å²) < 4.78 is 50.4. The second-order valence-corrected chi connectivity index (χ2v) is 51.6. The Bertz CT molecular complexity index is 5600. The molecule has 3 atom stereocenters. The predicted molar refractivity (Wildman–Crippen MR) is 626 cm³/mol. The van der Waals surface area contributed by atoms with E-state index in [1.807, 2.05) is 140 Å². The number of ether oxygens (including phenoxy) is 2. The summed E-state index contributed by atoms with van der Waals surface area (Å²) in [5.41, 5.74) is 27.4. The first-order valence-corrected chi connectivity index (χ1v) is 53.2. The minimum absolute atomic E-state index is 0. The average Bonchev–Trinajstić information content (AvgIpc) is 1.51. The number of nitrogens with zero attached hydrogens (tertiary/aromatic N) is 3. The summed E-state index contributed by atoms with van der Waals surface area (Å²) in [5.74, 6) is 1.38. The average molecular weight is 2060 g/mol. The summed E-state index contributed by atoms with van der Waals surface area (Å²) in [5, 5.41) is 29.5. The van der Waals surface area contributed by atoms with Crippen molar-refractivity contribution in [3.05, 3.63) is 307 Å². The molecule has 8 aromatic carbocycles. The Morgan fingerprint density at radius 3 is 1.34 bits per heavy atom. The van der Waals surface area contributed by atoms with Crippen LogP contribution in [0.5, 0.6) is 5.75 Å². The molecule has 2 aliphatic rings. The number of aryl methyl sites for hydroxylation is 1. The van der Waals surface area contributed by atoms with Crippen LogP contribution in [-0.4, -0.2) is 110 Å². The Hall–Kier alpha value is -10.4. The number of rotatable bonds is 16. The van der Waals surface area contributed by atoms with Crippen molar-refractivity contribution in [2.45, 2.75) is 432 Å². The molecule has 3 amide bonds. The first-order chi connectivity index (χ1) is 67.3. The molecule has 18 heteroatoms. The van der Waals surface area contributed by atoms with Gasteiger partial charge >= 0.3 is 12.3 Å². The number of carbonyl (C=O) groups is 4. The van der Waals surface area contributed by atoms with Gasteiger partial charge in [-0.2, -0.15) is 18.3 Å². The van der Waals surface area contributed by atoms with Gasteiger partial charge in [0.1, 0.15) is 23.7 Å². The lowest BCUT2D eigenvalue weighted by molar-refractivity contribution is -0.137. The molecule has 2 aromatic heterocycles. The maximum atomic E-state index is 13.1. The van der Waals surface area contributed by atoms with Crippen LogP contribution in [0.25, 0.3) is 11.3 Å². The molecule has 2 unspecified atom stereocenters. The van der Waals surface area contributed by atoms with Crippen molar-refractivity contribution in [1.82, 2.24) is 30.3 Å². The smallest absolute Gasteiger partial charge is 0.416 e. The summed E-state index contributed by atoms with van der Waals surface area (Å²) in [6.07, 6.45) is 3.64. The number of H-pyrrole nitrogens is 2. The highest BCUT2D eigenvalue weighted by atomic mass is 19.4. The second-order valence-electron chi connectivity index (χ2n) is 51.6. The van der Waals surface area contributed by atoms with Crippen molar-refractivity contribution >= 4 is 23.7 Å². The van der Waals surface area contributed by atoms with Gasteiger partial charge in [0.05, 0.1) is 29.9 Å². The Morgan fingerprint density at radius 2 is 0.933 bits per heavy atom. The number of aliphatic hydroxyl groups is 2. The van der Waals surface area contributed by atoms with Gasteiger partial charge in [0, 0.05) is 66.6 Å². The highest BCUT2D eigenvalue weighted by Gasteiger charge is 2.35. The highest BCUT2D eigenvalue weighted by molar-refractivity contribution is 5.94. The number of piperidine rings is 1. The number of ketones is 1. The van der Waals surface area contributed by atoms with E-state index in [9.17, 15) is 42.6 Å². The molecule has 2 fully saturated rings. The Labute approximate surface area is 902 Å². The first kappa shape index (κ1) is 135. The van der Waals surface area contributed by atoms with Crippen LogP contribution in [0.4, 0.5) is 18.0 Å². The first-order valence-electron chi connectivity index (χ1n) is 53.2. The Kier molecular flexibility index (Phi) is 52.3. The van der Waals surface area contributed by atoms with Gasteiger partial charge < -0.3 is 50.3 Å². The van der Waals surface area contributed by atoms with Crippen molar-refractivity contribution in [3.63, 3.8) is 0 Å². The molecule has 2 saturated heterocycles. The lowest BCUT2D eigenvalue weighted by Crippen LogP contribution is -2.41. The number of likely N-dealkylation sites (N-methyl/N-ethyl adjacent to an activating group) is 1. The molecule has 12 rings (SSSR count). The van der Waals surface area contributed by atoms with Crippen LogP contribution >= 0.6 is 0 Å². The SMILES string of the molecule is C.C.CC(=O)CCc1cccc(C(C)(C)C)c1.CC(C)(C)OC(=O)N1CCC(c2cc(C(C)(C)C)n[nH]2)CC1.CC(C)(C)c1ccc(-c2cc(C(C)(C)C)c[nH]2)cc1.CC(C)(C)c1cccc(CC(N)=O)c1.CC(C)c1ccc(C(C)(C)C)cc1.CC(O)c1cccc(C(C)(C)C)c1.CC(O)c1ccccc1C(C)(C)C.CCCNC(=O)c1ccc(C(C)(C)C)cc1.CN1CCC[C@@H]1COc1cc(C(C)(C)C)cc(C(F)(F)F)c1. The lowest BCUT2D eigenvalue weighted by atomic mass is 9.82. The summed E-state index contributed by atoms with van der Waals surface area (Å²) >= 11 is 0.